The summed E-state index contributed by atoms with van der Waals surface area (Å²) in [5.74, 6) is 0. The number of hydrogen-bond donors (Lipinski definition) is 0. The van der Waals surface area contributed by atoms with Crippen LogP contribution in [0, 0.1) is 0 Å². The molecule has 0 aliphatic heterocycles. The van der Waals surface area contributed by atoms with Crippen molar-refractivity contribution in [2.24, 2.45) is 9.98 Å². The van der Waals surface area contributed by atoms with Gasteiger partial charge in [0.05, 0.1) is 0 Å². The maximum absolute atomic E-state index is 4.75. The zero-order valence-corrected chi connectivity index (χ0v) is 21.4. The van der Waals surface area contributed by atoms with Gasteiger partial charge in [-0.1, -0.05) is 0 Å². The number of benzene rings is 2. The molecule has 2 rings (SSSR count). The van der Waals surface area contributed by atoms with Crippen LogP contribution in [0.3, 0.4) is 0 Å². The molecule has 0 bridgehead atoms. The first kappa shape index (κ1) is 24.0. The molecule has 0 spiro atoms. The second-order valence-corrected chi connectivity index (χ2v) is 12.6. The van der Waals surface area contributed by atoms with Crippen molar-refractivity contribution in [3.05, 3.63) is 65.2 Å². The van der Waals surface area contributed by atoms with Crippen LogP contribution in [0.1, 0.15) is 58.2 Å². The zero-order valence-electron chi connectivity index (χ0n) is 17.2. The number of halogens is 1. The minimum absolute atomic E-state index is 0. The third-order valence-corrected chi connectivity index (χ3v) is 8.81. The number of hydrogen-bond acceptors (Lipinski definition) is 2. The molecule has 4 heteroatoms. The number of nitrogens with zero attached hydrogens (tertiary/aromatic N) is 2. The largest absolute Gasteiger partial charge is 1.00 e. The van der Waals surface area contributed by atoms with Crippen molar-refractivity contribution in [1.82, 2.24) is 0 Å². The third kappa shape index (κ3) is 9.13. The van der Waals surface area contributed by atoms with Gasteiger partial charge in [-0.2, -0.15) is 0 Å². The van der Waals surface area contributed by atoms with Gasteiger partial charge >= 0.3 is 171 Å². The maximum atomic E-state index is 4.75. The van der Waals surface area contributed by atoms with Crippen molar-refractivity contribution in [3.8, 4) is 0 Å². The van der Waals surface area contributed by atoms with Crippen LogP contribution in [0.4, 0.5) is 0 Å². The van der Waals surface area contributed by atoms with E-state index in [-0.39, 0.29) is 23.5 Å². The molecule has 2 aromatic carbocycles. The fourth-order valence-corrected chi connectivity index (χ4v) is 6.84. The molecule has 0 heterocycles. The molecule has 0 amide bonds. The van der Waals surface area contributed by atoms with Crippen LogP contribution in [0.2, 0.25) is 0 Å². The van der Waals surface area contributed by atoms with Crippen LogP contribution < -0.4 is 15.7 Å². The van der Waals surface area contributed by atoms with Gasteiger partial charge in [-0.3, -0.25) is 0 Å². The smallest absolute Gasteiger partial charge is 1.00 e. The minimum Gasteiger partial charge on any atom is -1.00 e. The van der Waals surface area contributed by atoms with Gasteiger partial charge in [0.15, 0.2) is 0 Å². The molecule has 0 fully saturated rings. The van der Waals surface area contributed by atoms with Gasteiger partial charge in [0, 0.05) is 0 Å². The van der Waals surface area contributed by atoms with E-state index < -0.39 is 23.2 Å². The Kier molecular flexibility index (Phi) is 9.32. The fraction of sp³-hybridized carbons (Fsp3) is 0.391. The molecule has 0 N–H and O–H groups in total. The standard InChI is InChI=1S/C16H23N2.C7H7.Bi.ClH/c1-15(2,3)17-11-13-8-7-9-14(10-13)12-18-16(4,5)6;1-7-5-3-2-4-6-7;;/h7-9,11-12H,1-6H3;2-6H,1H2;;1H/q;;+1;/p-1. The summed E-state index contributed by atoms with van der Waals surface area (Å²) in [5.41, 5.74) is 3.86. The Morgan fingerprint density at radius 2 is 1.22 bits per heavy atom. The first-order valence-electron chi connectivity index (χ1n) is 9.09. The van der Waals surface area contributed by atoms with E-state index >= 15 is 0 Å². The molecule has 0 aliphatic carbocycles. The van der Waals surface area contributed by atoms with Crippen LogP contribution >= 0.6 is 0 Å². The summed E-state index contributed by atoms with van der Waals surface area (Å²) in [5, 5.41) is 0. The Bertz CT molecular complexity index is 727. The normalized spacial score (nSPS) is 12.5. The monoisotopic (exact) mass is 578 g/mol. The van der Waals surface area contributed by atoms with E-state index in [2.05, 4.69) is 103 Å². The molecule has 2 nitrogen and oxygen atoms in total. The van der Waals surface area contributed by atoms with E-state index in [4.69, 9.17) is 9.98 Å². The van der Waals surface area contributed by atoms with Crippen molar-refractivity contribution in [3.63, 3.8) is 0 Å². The van der Waals surface area contributed by atoms with Gasteiger partial charge in [-0.25, -0.2) is 0 Å². The molecule has 27 heavy (non-hydrogen) atoms. The molecule has 0 unspecified atom stereocenters. The minimum atomic E-state index is -0.914. The first-order chi connectivity index (χ1) is 12.1. The molecule has 2 radical (unpaired) electrons. The maximum Gasteiger partial charge on any atom is -1.00 e. The van der Waals surface area contributed by atoms with Crippen LogP contribution in [-0.2, 0) is 4.13 Å². The van der Waals surface area contributed by atoms with Gasteiger partial charge in [-0.15, -0.1) is 0 Å². The van der Waals surface area contributed by atoms with Crippen molar-refractivity contribution in [2.45, 2.75) is 56.7 Å². The van der Waals surface area contributed by atoms with Crippen molar-refractivity contribution < 1.29 is 12.4 Å². The summed E-state index contributed by atoms with van der Waals surface area (Å²) >= 11 is -0.914. The SMILES string of the molecule is CC(C)(C)N=Cc1cccc(C=NC(C)(C)C)[c]1[Bi+][CH2]c1ccccc1.[Cl-]. The molecule has 0 atom stereocenters. The molecular weight excluding hydrogens is 549 g/mol. The van der Waals surface area contributed by atoms with Crippen LogP contribution in [0.5, 0.6) is 0 Å². The van der Waals surface area contributed by atoms with E-state index in [1.165, 1.54) is 24.1 Å². The summed E-state index contributed by atoms with van der Waals surface area (Å²) in [4.78, 5) is 9.50. The van der Waals surface area contributed by atoms with Crippen molar-refractivity contribution in [2.75, 3.05) is 0 Å². The second kappa shape index (κ2) is 10.5. The van der Waals surface area contributed by atoms with Gasteiger partial charge in [0.25, 0.3) is 0 Å². The van der Waals surface area contributed by atoms with Gasteiger partial charge in [0.2, 0.25) is 0 Å². The molecule has 0 aromatic heterocycles. The summed E-state index contributed by atoms with van der Waals surface area (Å²) in [6.45, 7) is 12.8. The molecule has 0 aliphatic rings. The molecule has 2 aromatic rings. The summed E-state index contributed by atoms with van der Waals surface area (Å²) in [6.07, 6.45) is 4.14. The Balaban J connectivity index is 0.00000364. The summed E-state index contributed by atoms with van der Waals surface area (Å²) in [7, 11) is 0. The van der Waals surface area contributed by atoms with Crippen LogP contribution in [0.25, 0.3) is 0 Å². The quantitative estimate of drug-likeness (QED) is 0.381. The number of aliphatic imine (C=N–C) groups is 2. The van der Waals surface area contributed by atoms with Crippen LogP contribution in [-0.4, -0.2) is 46.7 Å². The Morgan fingerprint density at radius 3 is 1.67 bits per heavy atom. The van der Waals surface area contributed by atoms with Gasteiger partial charge in [0.1, 0.15) is 0 Å². The summed E-state index contributed by atoms with van der Waals surface area (Å²) < 4.78 is 2.69. The third-order valence-electron chi connectivity index (χ3n) is 3.54. The predicted octanol–water partition coefficient (Wildman–Crippen LogP) is 1.66. The average Bonchev–Trinajstić information content (AvgIpc) is 2.56. The van der Waals surface area contributed by atoms with Gasteiger partial charge in [-0.05, 0) is 0 Å². The molecule has 0 saturated carbocycles. The Hall–Kier alpha value is -1.05. The van der Waals surface area contributed by atoms with E-state index in [1.54, 1.807) is 0 Å². The van der Waals surface area contributed by atoms with E-state index in [9.17, 15) is 0 Å². The van der Waals surface area contributed by atoms with Crippen LogP contribution in [0.15, 0.2) is 58.5 Å². The fourth-order valence-electron chi connectivity index (χ4n) is 2.25. The number of rotatable bonds is 5. The topological polar surface area (TPSA) is 24.7 Å². The molecule has 0 saturated heterocycles. The second-order valence-electron chi connectivity index (χ2n) is 8.44. The zero-order chi connectivity index (χ0) is 19.2. The molecule has 144 valence electrons. The molecular formula is C23H30BiClN2. The van der Waals surface area contributed by atoms with E-state index in [1.807, 2.05) is 0 Å². The Morgan fingerprint density at radius 1 is 0.741 bits per heavy atom. The van der Waals surface area contributed by atoms with Gasteiger partial charge < -0.3 is 12.4 Å². The summed E-state index contributed by atoms with van der Waals surface area (Å²) in [6, 6.07) is 17.3. The van der Waals surface area contributed by atoms with Crippen molar-refractivity contribution >= 4 is 38.9 Å². The predicted molar refractivity (Wildman–Crippen MR) is 117 cm³/mol. The Labute approximate surface area is 182 Å². The first-order valence-corrected chi connectivity index (χ1v) is 13.3. The average molecular weight is 579 g/mol. The van der Waals surface area contributed by atoms with E-state index in [0.717, 1.165) is 0 Å². The van der Waals surface area contributed by atoms with Crippen molar-refractivity contribution in [1.29, 1.82) is 0 Å². The van der Waals surface area contributed by atoms with E-state index in [0.29, 0.717) is 0 Å².